The number of carbonyl (C=O) groups excluding carboxylic acids is 4. The third-order valence-corrected chi connectivity index (χ3v) is 5.34. The highest BCUT2D eigenvalue weighted by atomic mass is 16.4. The van der Waals surface area contributed by atoms with Crippen LogP contribution in [0.1, 0.15) is 37.7 Å². The third-order valence-electron chi connectivity index (χ3n) is 5.34. The number of rotatable bonds is 17. The Morgan fingerprint density at radius 3 is 1.87 bits per heavy atom. The molecule has 4 unspecified atom stereocenters. The van der Waals surface area contributed by atoms with Crippen LogP contribution in [0.3, 0.4) is 0 Å². The molecule has 15 heteroatoms. The van der Waals surface area contributed by atoms with Crippen LogP contribution in [0.2, 0.25) is 0 Å². The molecule has 0 aliphatic rings. The van der Waals surface area contributed by atoms with E-state index >= 15 is 0 Å². The van der Waals surface area contributed by atoms with Crippen molar-refractivity contribution in [3.8, 4) is 5.75 Å². The summed E-state index contributed by atoms with van der Waals surface area (Å²) < 4.78 is 0. The minimum absolute atomic E-state index is 0.0349. The summed E-state index contributed by atoms with van der Waals surface area (Å²) >= 11 is 0. The average Bonchev–Trinajstić information content (AvgIpc) is 2.83. The summed E-state index contributed by atoms with van der Waals surface area (Å²) in [7, 11) is 0. The van der Waals surface area contributed by atoms with Gasteiger partial charge in [0.1, 0.15) is 23.9 Å². The highest BCUT2D eigenvalue weighted by Gasteiger charge is 2.32. The van der Waals surface area contributed by atoms with Gasteiger partial charge in [0.15, 0.2) is 0 Å². The minimum Gasteiger partial charge on any atom is -0.508 e. The number of hydrogen-bond acceptors (Lipinski definition) is 9. The number of carboxylic acid groups (broad SMARTS) is 2. The van der Waals surface area contributed by atoms with Gasteiger partial charge in [0.2, 0.25) is 23.6 Å². The number of unbranched alkanes of at least 4 members (excludes halogenated alkanes) is 1. The fourth-order valence-corrected chi connectivity index (χ4v) is 3.35. The Labute approximate surface area is 218 Å². The van der Waals surface area contributed by atoms with Crippen molar-refractivity contribution in [3.63, 3.8) is 0 Å². The number of aliphatic carboxylic acids is 2. The number of nitrogens with two attached hydrogens (primary N) is 3. The number of carbonyl (C=O) groups is 6. The number of carboxylic acids is 2. The van der Waals surface area contributed by atoms with E-state index in [0.717, 1.165) is 0 Å². The summed E-state index contributed by atoms with van der Waals surface area (Å²) in [5.41, 5.74) is 17.1. The molecule has 0 aliphatic heterocycles. The lowest BCUT2D eigenvalue weighted by atomic mass is 10.0. The van der Waals surface area contributed by atoms with E-state index in [1.165, 1.54) is 12.1 Å². The van der Waals surface area contributed by atoms with Crippen molar-refractivity contribution in [3.05, 3.63) is 29.8 Å². The quantitative estimate of drug-likeness (QED) is 0.0918. The molecule has 210 valence electrons. The number of benzene rings is 1. The van der Waals surface area contributed by atoms with Gasteiger partial charge in [0.25, 0.3) is 0 Å². The summed E-state index contributed by atoms with van der Waals surface area (Å²) in [4.78, 5) is 72.0. The highest BCUT2D eigenvalue weighted by Crippen LogP contribution is 2.11. The molecular weight excluding hydrogens is 504 g/mol. The molecule has 0 bridgehead atoms. The predicted octanol–water partition coefficient (Wildman–Crippen LogP) is -2.72. The molecule has 1 aromatic rings. The SMILES string of the molecule is NCCCCC(NC(=O)C(N)Cc1ccc(O)cc1)C(=O)NC(CC(=O)O)C(=O)NC(CC(N)=O)C(=O)O. The second-order valence-electron chi connectivity index (χ2n) is 8.55. The summed E-state index contributed by atoms with van der Waals surface area (Å²) in [5.74, 6) is -6.84. The van der Waals surface area contributed by atoms with Crippen LogP contribution in [0.4, 0.5) is 0 Å². The molecule has 0 saturated heterocycles. The summed E-state index contributed by atoms with van der Waals surface area (Å²) in [6, 6.07) is 0.236. The van der Waals surface area contributed by atoms with Crippen LogP contribution in [0, 0.1) is 0 Å². The normalized spacial score (nSPS) is 13.8. The minimum atomic E-state index is -1.74. The first-order valence-electron chi connectivity index (χ1n) is 11.7. The Morgan fingerprint density at radius 2 is 1.34 bits per heavy atom. The number of hydrogen-bond donors (Lipinski definition) is 9. The van der Waals surface area contributed by atoms with Crippen LogP contribution < -0.4 is 33.2 Å². The fraction of sp³-hybridized carbons (Fsp3) is 0.478. The van der Waals surface area contributed by atoms with Crippen molar-refractivity contribution in [2.45, 2.75) is 62.7 Å². The zero-order chi connectivity index (χ0) is 28.8. The lowest BCUT2D eigenvalue weighted by molar-refractivity contribution is -0.144. The summed E-state index contributed by atoms with van der Waals surface area (Å²) in [6.45, 7) is 0.309. The van der Waals surface area contributed by atoms with Gasteiger partial charge in [-0.05, 0) is 49.9 Å². The van der Waals surface area contributed by atoms with Crippen molar-refractivity contribution < 1.29 is 44.1 Å². The van der Waals surface area contributed by atoms with E-state index < -0.39 is 72.6 Å². The Kier molecular flexibility index (Phi) is 13.2. The Balaban J connectivity index is 2.99. The van der Waals surface area contributed by atoms with Gasteiger partial charge < -0.3 is 48.5 Å². The lowest BCUT2D eigenvalue weighted by Crippen LogP contribution is -2.57. The number of nitrogens with one attached hydrogen (secondary N) is 3. The Morgan fingerprint density at radius 1 is 0.789 bits per heavy atom. The summed E-state index contributed by atoms with van der Waals surface area (Å²) in [6.07, 6.45) is -0.593. The molecule has 4 amide bonds. The smallest absolute Gasteiger partial charge is 0.326 e. The van der Waals surface area contributed by atoms with Gasteiger partial charge in [-0.15, -0.1) is 0 Å². The first kappa shape index (κ1) is 31.8. The first-order chi connectivity index (χ1) is 17.8. The maximum atomic E-state index is 13.0. The molecule has 0 spiro atoms. The molecule has 12 N–H and O–H groups in total. The maximum absolute atomic E-state index is 13.0. The zero-order valence-electron chi connectivity index (χ0n) is 20.6. The maximum Gasteiger partial charge on any atom is 0.326 e. The van der Waals surface area contributed by atoms with Crippen molar-refractivity contribution in [1.82, 2.24) is 16.0 Å². The van der Waals surface area contributed by atoms with Gasteiger partial charge >= 0.3 is 11.9 Å². The third kappa shape index (κ3) is 11.7. The van der Waals surface area contributed by atoms with Gasteiger partial charge in [-0.25, -0.2) is 4.79 Å². The molecule has 0 aromatic heterocycles. The Hall–Kier alpha value is -4.24. The molecule has 1 rings (SSSR count). The van der Waals surface area contributed by atoms with Gasteiger partial charge in [-0.1, -0.05) is 12.1 Å². The van der Waals surface area contributed by atoms with E-state index in [0.29, 0.717) is 24.9 Å². The van der Waals surface area contributed by atoms with Crippen molar-refractivity contribution >= 4 is 35.6 Å². The number of phenols is 1. The predicted molar refractivity (Wildman–Crippen MR) is 132 cm³/mol. The van der Waals surface area contributed by atoms with Crippen LogP contribution in [-0.4, -0.2) is 81.6 Å². The molecule has 15 nitrogen and oxygen atoms in total. The number of amides is 4. The molecule has 0 heterocycles. The topological polar surface area (TPSA) is 277 Å². The van der Waals surface area contributed by atoms with E-state index in [4.69, 9.17) is 17.2 Å². The second-order valence-corrected chi connectivity index (χ2v) is 8.55. The molecule has 0 fully saturated rings. The monoisotopic (exact) mass is 538 g/mol. The van der Waals surface area contributed by atoms with Gasteiger partial charge in [0.05, 0.1) is 18.9 Å². The molecule has 0 saturated carbocycles. The van der Waals surface area contributed by atoms with Crippen molar-refractivity contribution in [2.75, 3.05) is 6.54 Å². The molecular formula is C23H34N6O9. The number of aromatic hydroxyl groups is 1. The van der Waals surface area contributed by atoms with Crippen molar-refractivity contribution in [2.24, 2.45) is 17.2 Å². The molecule has 0 radical (unpaired) electrons. The second kappa shape index (κ2) is 15.8. The summed E-state index contributed by atoms with van der Waals surface area (Å²) in [5, 5.41) is 34.4. The van der Waals surface area contributed by atoms with Crippen molar-refractivity contribution in [1.29, 1.82) is 0 Å². The number of phenolic OH excluding ortho intramolecular Hbond substituents is 1. The van der Waals surface area contributed by atoms with E-state index in [2.05, 4.69) is 10.6 Å². The molecule has 1 aromatic carbocycles. The van der Waals surface area contributed by atoms with Gasteiger partial charge in [-0.2, -0.15) is 0 Å². The van der Waals surface area contributed by atoms with Gasteiger partial charge in [-0.3, -0.25) is 24.0 Å². The van der Waals surface area contributed by atoms with Crippen LogP contribution in [0.25, 0.3) is 0 Å². The molecule has 38 heavy (non-hydrogen) atoms. The van der Waals surface area contributed by atoms with E-state index in [-0.39, 0.29) is 18.6 Å². The fourth-order valence-electron chi connectivity index (χ4n) is 3.35. The van der Waals surface area contributed by atoms with Gasteiger partial charge in [0, 0.05) is 0 Å². The van der Waals surface area contributed by atoms with E-state index in [1.54, 1.807) is 12.1 Å². The average molecular weight is 539 g/mol. The molecule has 0 aliphatic carbocycles. The Bertz CT molecular complexity index is 1000. The van der Waals surface area contributed by atoms with E-state index in [1.807, 2.05) is 5.32 Å². The lowest BCUT2D eigenvalue weighted by Gasteiger charge is -2.24. The van der Waals surface area contributed by atoms with Crippen LogP contribution in [-0.2, 0) is 35.2 Å². The van der Waals surface area contributed by atoms with Crippen LogP contribution in [0.15, 0.2) is 24.3 Å². The highest BCUT2D eigenvalue weighted by molar-refractivity contribution is 5.96. The molecule has 4 atom stereocenters. The van der Waals surface area contributed by atoms with E-state index in [9.17, 15) is 44.1 Å². The number of primary amides is 1. The van der Waals surface area contributed by atoms with Crippen LogP contribution in [0.5, 0.6) is 5.75 Å². The zero-order valence-corrected chi connectivity index (χ0v) is 20.6. The first-order valence-corrected chi connectivity index (χ1v) is 11.7. The van der Waals surface area contributed by atoms with Crippen LogP contribution >= 0.6 is 0 Å². The standard InChI is InChI=1S/C23H34N6O9/c24-8-2-1-3-15(27-20(34)14(25)9-12-4-6-13(30)7-5-12)21(35)28-16(11-19(32)33)22(36)29-17(23(37)38)10-18(26)31/h4-7,14-17,30H,1-3,8-11,24-25H2,(H2,26,31)(H,27,34)(H,28,35)(H,29,36)(H,32,33)(H,37,38). The largest absolute Gasteiger partial charge is 0.508 e.